The molecule has 21 heavy (non-hydrogen) atoms. The second kappa shape index (κ2) is 7.43. The van der Waals surface area contributed by atoms with Crippen molar-refractivity contribution in [1.29, 1.82) is 0 Å². The number of nitrogens with one attached hydrogen (secondary N) is 1. The van der Waals surface area contributed by atoms with Crippen LogP contribution in [0.3, 0.4) is 0 Å². The van der Waals surface area contributed by atoms with Crippen LogP contribution in [-0.2, 0) is 6.54 Å². The van der Waals surface area contributed by atoms with E-state index in [1.165, 1.54) is 0 Å². The number of amides is 1. The predicted octanol–water partition coefficient (Wildman–Crippen LogP) is 3.18. The van der Waals surface area contributed by atoms with Gasteiger partial charge in [0.1, 0.15) is 5.82 Å². The molecule has 1 N–H and O–H groups in total. The molecule has 0 spiro atoms. The monoisotopic (exact) mass is 283 g/mol. The van der Waals surface area contributed by atoms with Crippen LogP contribution in [0.4, 0.5) is 5.82 Å². The predicted molar refractivity (Wildman–Crippen MR) is 85.3 cm³/mol. The van der Waals surface area contributed by atoms with Crippen LogP contribution in [0.25, 0.3) is 0 Å². The lowest BCUT2D eigenvalue weighted by molar-refractivity contribution is 0.0785. The van der Waals surface area contributed by atoms with Crippen molar-refractivity contribution in [3.05, 3.63) is 59.8 Å². The van der Waals surface area contributed by atoms with Gasteiger partial charge in [-0.25, -0.2) is 4.98 Å². The van der Waals surface area contributed by atoms with E-state index >= 15 is 0 Å². The molecule has 0 bridgehead atoms. The molecule has 0 fully saturated rings. The van der Waals surface area contributed by atoms with Gasteiger partial charge in [-0.2, -0.15) is 0 Å². The van der Waals surface area contributed by atoms with Crippen molar-refractivity contribution in [2.75, 3.05) is 18.9 Å². The standard InChI is InChI=1S/C17H21N3O/c1-3-11-18-16-15(10-7-12-19-16)17(21)20(2)13-14-8-5-4-6-9-14/h4-10,12H,3,11,13H2,1-2H3,(H,18,19). The van der Waals surface area contributed by atoms with Crippen LogP contribution in [0.5, 0.6) is 0 Å². The molecule has 0 aliphatic carbocycles. The zero-order valence-electron chi connectivity index (χ0n) is 12.5. The largest absolute Gasteiger partial charge is 0.369 e. The fraction of sp³-hybridized carbons (Fsp3) is 0.294. The summed E-state index contributed by atoms with van der Waals surface area (Å²) >= 11 is 0. The molecule has 4 nitrogen and oxygen atoms in total. The van der Waals surface area contributed by atoms with Crippen LogP contribution in [-0.4, -0.2) is 29.4 Å². The molecule has 2 aromatic rings. The van der Waals surface area contributed by atoms with Gasteiger partial charge in [0.05, 0.1) is 5.56 Å². The first kappa shape index (κ1) is 15.0. The molecule has 1 aromatic carbocycles. The van der Waals surface area contributed by atoms with Crippen molar-refractivity contribution in [2.45, 2.75) is 19.9 Å². The number of rotatable bonds is 6. The van der Waals surface area contributed by atoms with E-state index in [2.05, 4.69) is 17.2 Å². The fourth-order valence-corrected chi connectivity index (χ4v) is 2.10. The third-order valence-corrected chi connectivity index (χ3v) is 3.19. The summed E-state index contributed by atoms with van der Waals surface area (Å²) in [6.45, 7) is 3.47. The minimum atomic E-state index is -0.0226. The van der Waals surface area contributed by atoms with Crippen molar-refractivity contribution >= 4 is 11.7 Å². The summed E-state index contributed by atoms with van der Waals surface area (Å²) in [7, 11) is 1.81. The average molecular weight is 283 g/mol. The molecule has 0 atom stereocenters. The van der Waals surface area contributed by atoms with Gasteiger partial charge in [-0.3, -0.25) is 4.79 Å². The second-order valence-corrected chi connectivity index (χ2v) is 4.97. The summed E-state index contributed by atoms with van der Waals surface area (Å²) in [6.07, 6.45) is 2.69. The van der Waals surface area contributed by atoms with Crippen molar-refractivity contribution < 1.29 is 4.79 Å². The summed E-state index contributed by atoms with van der Waals surface area (Å²) < 4.78 is 0. The molecular formula is C17H21N3O. The quantitative estimate of drug-likeness (QED) is 0.885. The molecule has 0 aliphatic heterocycles. The molecule has 0 unspecified atom stereocenters. The van der Waals surface area contributed by atoms with Crippen LogP contribution in [0.1, 0.15) is 29.3 Å². The summed E-state index contributed by atoms with van der Waals surface area (Å²) in [5.74, 6) is 0.634. The number of carbonyl (C=O) groups is 1. The van der Waals surface area contributed by atoms with Gasteiger partial charge in [-0.1, -0.05) is 37.3 Å². The maximum atomic E-state index is 12.6. The van der Waals surface area contributed by atoms with Crippen LogP contribution in [0.2, 0.25) is 0 Å². The minimum Gasteiger partial charge on any atom is -0.369 e. The Bertz CT molecular complexity index is 584. The van der Waals surface area contributed by atoms with E-state index in [-0.39, 0.29) is 5.91 Å². The number of aromatic nitrogens is 1. The highest BCUT2D eigenvalue weighted by Crippen LogP contribution is 2.15. The highest BCUT2D eigenvalue weighted by atomic mass is 16.2. The molecule has 1 heterocycles. The Kier molecular flexibility index (Phi) is 5.32. The number of pyridine rings is 1. The van der Waals surface area contributed by atoms with Gasteiger partial charge >= 0.3 is 0 Å². The third-order valence-electron chi connectivity index (χ3n) is 3.19. The van der Waals surface area contributed by atoms with Gasteiger partial charge in [-0.15, -0.1) is 0 Å². The molecule has 110 valence electrons. The van der Waals surface area contributed by atoms with Crippen LogP contribution >= 0.6 is 0 Å². The van der Waals surface area contributed by atoms with Gasteiger partial charge in [-0.05, 0) is 24.1 Å². The van der Waals surface area contributed by atoms with Crippen molar-refractivity contribution in [3.8, 4) is 0 Å². The Labute approximate surface area is 125 Å². The Morgan fingerprint density at radius 2 is 1.95 bits per heavy atom. The molecule has 1 aromatic heterocycles. The summed E-state index contributed by atoms with van der Waals surface area (Å²) in [4.78, 5) is 18.6. The first-order chi connectivity index (χ1) is 10.2. The second-order valence-electron chi connectivity index (χ2n) is 4.97. The van der Waals surface area contributed by atoms with E-state index in [1.54, 1.807) is 17.2 Å². The first-order valence-corrected chi connectivity index (χ1v) is 7.20. The number of hydrogen-bond acceptors (Lipinski definition) is 3. The van der Waals surface area contributed by atoms with Gasteiger partial charge < -0.3 is 10.2 Å². The maximum Gasteiger partial charge on any atom is 0.257 e. The summed E-state index contributed by atoms with van der Waals surface area (Å²) in [5, 5.41) is 3.20. The topological polar surface area (TPSA) is 45.2 Å². The van der Waals surface area contributed by atoms with Gasteiger partial charge in [0.15, 0.2) is 0 Å². The Hall–Kier alpha value is -2.36. The number of nitrogens with zero attached hydrogens (tertiary/aromatic N) is 2. The van der Waals surface area contributed by atoms with Crippen molar-refractivity contribution in [2.24, 2.45) is 0 Å². The van der Waals surface area contributed by atoms with Gasteiger partial charge in [0.2, 0.25) is 0 Å². The summed E-state index contributed by atoms with van der Waals surface area (Å²) in [6, 6.07) is 13.6. The van der Waals surface area contributed by atoms with E-state index in [0.717, 1.165) is 18.5 Å². The van der Waals surface area contributed by atoms with E-state index in [4.69, 9.17) is 0 Å². The number of carbonyl (C=O) groups excluding carboxylic acids is 1. The molecule has 0 radical (unpaired) electrons. The molecule has 0 saturated carbocycles. The molecule has 2 rings (SSSR count). The molecule has 1 amide bonds. The Morgan fingerprint density at radius 3 is 2.67 bits per heavy atom. The van der Waals surface area contributed by atoms with Gasteiger partial charge in [0, 0.05) is 26.3 Å². The number of hydrogen-bond donors (Lipinski definition) is 1. The first-order valence-electron chi connectivity index (χ1n) is 7.20. The lowest BCUT2D eigenvalue weighted by Gasteiger charge is -2.19. The highest BCUT2D eigenvalue weighted by Gasteiger charge is 2.16. The Balaban J connectivity index is 2.12. The van der Waals surface area contributed by atoms with Crippen LogP contribution < -0.4 is 5.32 Å². The van der Waals surface area contributed by atoms with Crippen LogP contribution in [0.15, 0.2) is 48.7 Å². The zero-order valence-corrected chi connectivity index (χ0v) is 12.5. The highest BCUT2D eigenvalue weighted by molar-refractivity contribution is 5.98. The van der Waals surface area contributed by atoms with E-state index < -0.39 is 0 Å². The van der Waals surface area contributed by atoms with Gasteiger partial charge in [0.25, 0.3) is 5.91 Å². The third kappa shape index (κ3) is 4.05. The molecule has 4 heteroatoms. The summed E-state index contributed by atoms with van der Waals surface area (Å²) in [5.41, 5.74) is 1.73. The van der Waals surface area contributed by atoms with Crippen molar-refractivity contribution in [1.82, 2.24) is 9.88 Å². The lowest BCUT2D eigenvalue weighted by Crippen LogP contribution is -2.27. The molecule has 0 aliphatic rings. The zero-order chi connectivity index (χ0) is 15.1. The van der Waals surface area contributed by atoms with E-state index in [1.807, 2.05) is 43.4 Å². The number of benzene rings is 1. The van der Waals surface area contributed by atoms with E-state index in [0.29, 0.717) is 17.9 Å². The average Bonchev–Trinajstić information content (AvgIpc) is 2.53. The SMILES string of the molecule is CCCNc1ncccc1C(=O)N(C)Cc1ccccc1. The lowest BCUT2D eigenvalue weighted by atomic mass is 10.2. The normalized spacial score (nSPS) is 10.2. The van der Waals surface area contributed by atoms with Crippen LogP contribution in [0, 0.1) is 0 Å². The Morgan fingerprint density at radius 1 is 1.19 bits per heavy atom. The minimum absolute atomic E-state index is 0.0226. The smallest absolute Gasteiger partial charge is 0.257 e. The van der Waals surface area contributed by atoms with E-state index in [9.17, 15) is 4.79 Å². The molecule has 0 saturated heterocycles. The van der Waals surface area contributed by atoms with Crippen molar-refractivity contribution in [3.63, 3.8) is 0 Å². The maximum absolute atomic E-state index is 12.6. The fourth-order valence-electron chi connectivity index (χ4n) is 2.10. The molecular weight excluding hydrogens is 262 g/mol. The number of anilines is 1.